The summed E-state index contributed by atoms with van der Waals surface area (Å²) in [6, 6.07) is 4.11. The lowest BCUT2D eigenvalue weighted by Gasteiger charge is -2.12. The second kappa shape index (κ2) is 5.57. The smallest absolute Gasteiger partial charge is 0.262 e. The number of carbonyl (C=O) groups is 2. The zero-order valence-electron chi connectivity index (χ0n) is 10.9. The Balaban J connectivity index is 0.00000161. The summed E-state index contributed by atoms with van der Waals surface area (Å²) in [5, 5.41) is 7.77. The van der Waals surface area contributed by atoms with Crippen molar-refractivity contribution in [1.82, 2.24) is 5.32 Å². The van der Waals surface area contributed by atoms with Gasteiger partial charge in [0.1, 0.15) is 0 Å². The monoisotopic (exact) mass is 317 g/mol. The number of carbonyl (C=O) groups excluding carboxylic acids is 2. The third-order valence-corrected chi connectivity index (χ3v) is 3.42. The molecule has 0 radical (unpaired) electrons. The van der Waals surface area contributed by atoms with Gasteiger partial charge in [0.2, 0.25) is 11.8 Å². The molecule has 0 spiro atoms. The first kappa shape index (κ1) is 15.7. The maximum Gasteiger partial charge on any atom is 0.262 e. The van der Waals surface area contributed by atoms with E-state index < -0.39 is 30.8 Å². The van der Waals surface area contributed by atoms with Crippen molar-refractivity contribution in [1.29, 1.82) is 0 Å². The van der Waals surface area contributed by atoms with Crippen molar-refractivity contribution in [2.45, 2.75) is 24.8 Å². The maximum atomic E-state index is 13.0. The number of fused-ring (bicyclic) bond motifs is 1. The number of anilines is 2. The molecule has 2 aliphatic heterocycles. The average molecular weight is 318 g/mol. The van der Waals surface area contributed by atoms with Gasteiger partial charge in [0, 0.05) is 17.8 Å². The molecular weight excluding hydrogens is 304 g/mol. The number of halogens is 3. The summed E-state index contributed by atoms with van der Waals surface area (Å²) in [6.07, 6.45) is -0.234. The average Bonchev–Trinajstić information content (AvgIpc) is 2.90. The summed E-state index contributed by atoms with van der Waals surface area (Å²) in [5.74, 6) is -3.42. The predicted octanol–water partition coefficient (Wildman–Crippen LogP) is 1.54. The van der Waals surface area contributed by atoms with E-state index in [0.29, 0.717) is 5.69 Å². The minimum atomic E-state index is -2.84. The number of amides is 2. The molecule has 2 heterocycles. The second-order valence-corrected chi connectivity index (χ2v) is 5.08. The van der Waals surface area contributed by atoms with E-state index in [0.717, 1.165) is 11.3 Å². The first-order valence-electron chi connectivity index (χ1n) is 6.28. The summed E-state index contributed by atoms with van der Waals surface area (Å²) < 4.78 is 26.1. The predicted molar refractivity (Wildman–Crippen MR) is 76.0 cm³/mol. The Morgan fingerprint density at radius 2 is 2.14 bits per heavy atom. The van der Waals surface area contributed by atoms with Crippen molar-refractivity contribution < 1.29 is 18.4 Å². The Bertz CT molecular complexity index is 595. The highest BCUT2D eigenvalue weighted by atomic mass is 35.5. The normalized spacial score (nSPS) is 22.2. The molecule has 0 aromatic heterocycles. The molecule has 0 bridgehead atoms. The summed E-state index contributed by atoms with van der Waals surface area (Å²) >= 11 is 0. The molecule has 1 aromatic rings. The third kappa shape index (κ3) is 3.30. The Kier molecular flexibility index (Phi) is 4.15. The molecule has 1 saturated heterocycles. The molecule has 2 amide bonds. The number of nitrogens with one attached hydrogen (secondary N) is 3. The lowest BCUT2D eigenvalue weighted by molar-refractivity contribution is -0.118. The summed E-state index contributed by atoms with van der Waals surface area (Å²) in [6.45, 7) is -0.478. The highest BCUT2D eigenvalue weighted by molar-refractivity contribution is 6.01. The number of benzene rings is 1. The standard InChI is InChI=1S/C13H13F2N3O2.ClH/c14-13(15)5-10(16-6-13)12(20)17-8-1-2-9-7(3-8)4-11(19)18-9;/h1-3,10,16H,4-6H2,(H,17,20)(H,18,19);1H. The highest BCUT2D eigenvalue weighted by Crippen LogP contribution is 2.28. The van der Waals surface area contributed by atoms with E-state index in [9.17, 15) is 18.4 Å². The molecule has 3 rings (SSSR count). The van der Waals surface area contributed by atoms with Crippen LogP contribution in [0.1, 0.15) is 12.0 Å². The van der Waals surface area contributed by atoms with Crippen molar-refractivity contribution in [2.75, 3.05) is 17.2 Å². The van der Waals surface area contributed by atoms with Crippen LogP contribution in [0, 0.1) is 0 Å². The van der Waals surface area contributed by atoms with Gasteiger partial charge in [-0.2, -0.15) is 0 Å². The first-order chi connectivity index (χ1) is 9.43. The van der Waals surface area contributed by atoms with E-state index in [2.05, 4.69) is 16.0 Å². The van der Waals surface area contributed by atoms with Crippen LogP contribution in [0.25, 0.3) is 0 Å². The lowest BCUT2D eigenvalue weighted by Crippen LogP contribution is -2.35. The van der Waals surface area contributed by atoms with Crippen LogP contribution < -0.4 is 16.0 Å². The maximum absolute atomic E-state index is 13.0. The molecule has 5 nitrogen and oxygen atoms in total. The van der Waals surface area contributed by atoms with Crippen molar-refractivity contribution in [3.05, 3.63) is 23.8 Å². The minimum absolute atomic E-state index is 0. The Morgan fingerprint density at radius 1 is 1.38 bits per heavy atom. The van der Waals surface area contributed by atoms with Crippen LogP contribution in [0.4, 0.5) is 20.2 Å². The summed E-state index contributed by atoms with van der Waals surface area (Å²) in [5.41, 5.74) is 2.01. The largest absolute Gasteiger partial charge is 0.326 e. The molecule has 114 valence electrons. The zero-order chi connectivity index (χ0) is 14.3. The van der Waals surface area contributed by atoms with Crippen LogP contribution in [0.3, 0.4) is 0 Å². The quantitative estimate of drug-likeness (QED) is 0.775. The van der Waals surface area contributed by atoms with Crippen LogP contribution in [0.5, 0.6) is 0 Å². The molecule has 3 N–H and O–H groups in total. The van der Waals surface area contributed by atoms with Crippen LogP contribution in [-0.4, -0.2) is 30.3 Å². The van der Waals surface area contributed by atoms with Crippen molar-refractivity contribution in [3.8, 4) is 0 Å². The van der Waals surface area contributed by atoms with Crippen molar-refractivity contribution in [3.63, 3.8) is 0 Å². The topological polar surface area (TPSA) is 70.2 Å². The van der Waals surface area contributed by atoms with E-state index >= 15 is 0 Å². The molecule has 2 aliphatic rings. The molecule has 0 aliphatic carbocycles. The van der Waals surface area contributed by atoms with E-state index in [4.69, 9.17) is 0 Å². The number of alkyl halides is 2. The number of hydrogen-bond donors (Lipinski definition) is 3. The van der Waals surface area contributed by atoms with Gasteiger partial charge in [-0.1, -0.05) is 0 Å². The Morgan fingerprint density at radius 3 is 2.81 bits per heavy atom. The molecule has 1 aromatic carbocycles. The fourth-order valence-corrected chi connectivity index (χ4v) is 2.44. The summed E-state index contributed by atoms with van der Waals surface area (Å²) in [7, 11) is 0. The van der Waals surface area contributed by atoms with Gasteiger partial charge >= 0.3 is 0 Å². The van der Waals surface area contributed by atoms with Crippen molar-refractivity contribution >= 4 is 35.6 Å². The van der Waals surface area contributed by atoms with Crippen LogP contribution >= 0.6 is 12.4 Å². The second-order valence-electron chi connectivity index (χ2n) is 5.08. The van der Waals surface area contributed by atoms with Gasteiger partial charge in [0.05, 0.1) is 19.0 Å². The Labute approximate surface area is 125 Å². The fourth-order valence-electron chi connectivity index (χ4n) is 2.44. The Hall–Kier alpha value is -1.73. The fraction of sp³-hybridized carbons (Fsp3) is 0.385. The SMILES string of the molecule is Cl.O=C1Cc2cc(NC(=O)C3CC(F)(F)CN3)ccc2N1. The van der Waals surface area contributed by atoms with E-state index in [1.54, 1.807) is 18.2 Å². The van der Waals surface area contributed by atoms with Crippen molar-refractivity contribution in [2.24, 2.45) is 0 Å². The molecule has 0 saturated carbocycles. The lowest BCUT2D eigenvalue weighted by atomic mass is 10.1. The number of hydrogen-bond acceptors (Lipinski definition) is 3. The van der Waals surface area contributed by atoms with Gasteiger partial charge in [-0.25, -0.2) is 8.78 Å². The number of rotatable bonds is 2. The van der Waals surface area contributed by atoms with Gasteiger partial charge in [-0.05, 0) is 23.8 Å². The molecule has 1 unspecified atom stereocenters. The van der Waals surface area contributed by atoms with Gasteiger partial charge in [0.15, 0.2) is 0 Å². The molecule has 1 fully saturated rings. The van der Waals surface area contributed by atoms with E-state index in [1.807, 2.05) is 0 Å². The zero-order valence-corrected chi connectivity index (χ0v) is 11.7. The van der Waals surface area contributed by atoms with E-state index in [-0.39, 0.29) is 24.7 Å². The minimum Gasteiger partial charge on any atom is -0.326 e. The molecule has 21 heavy (non-hydrogen) atoms. The van der Waals surface area contributed by atoms with Crippen LogP contribution in [-0.2, 0) is 16.0 Å². The summed E-state index contributed by atoms with van der Waals surface area (Å²) in [4.78, 5) is 23.1. The van der Waals surface area contributed by atoms with Gasteiger partial charge in [-0.3, -0.25) is 14.9 Å². The van der Waals surface area contributed by atoms with Gasteiger partial charge in [0.25, 0.3) is 5.92 Å². The molecular formula is C13H14ClF2N3O2. The van der Waals surface area contributed by atoms with Gasteiger partial charge in [-0.15, -0.1) is 12.4 Å². The molecule has 8 heteroatoms. The van der Waals surface area contributed by atoms with E-state index in [1.165, 1.54) is 0 Å². The van der Waals surface area contributed by atoms with Gasteiger partial charge < -0.3 is 10.6 Å². The highest BCUT2D eigenvalue weighted by Gasteiger charge is 2.42. The van der Waals surface area contributed by atoms with Crippen LogP contribution in [0.2, 0.25) is 0 Å². The molecule has 1 atom stereocenters. The van der Waals surface area contributed by atoms with Crippen LogP contribution in [0.15, 0.2) is 18.2 Å². The third-order valence-electron chi connectivity index (χ3n) is 3.42. The first-order valence-corrected chi connectivity index (χ1v) is 6.28.